The van der Waals surface area contributed by atoms with Gasteiger partial charge in [-0.3, -0.25) is 19.3 Å². The molecular weight excluding hydrogens is 194 g/mol. The van der Waals surface area contributed by atoms with Gasteiger partial charge in [0.2, 0.25) is 11.8 Å². The number of hydrogen-bond donors (Lipinski definition) is 0. The summed E-state index contributed by atoms with van der Waals surface area (Å²) in [4.78, 5) is 36.7. The van der Waals surface area contributed by atoms with Crippen LogP contribution in [0.15, 0.2) is 0 Å². The SMILES string of the molecule is CCC1C(=O)N(CC)C(=O)C(C)(C)C1=O. The van der Waals surface area contributed by atoms with Gasteiger partial charge in [-0.2, -0.15) is 0 Å². The predicted octanol–water partition coefficient (Wildman–Crippen LogP) is 0.997. The first-order valence-corrected chi connectivity index (χ1v) is 5.28. The van der Waals surface area contributed by atoms with Crippen LogP contribution in [0.1, 0.15) is 34.1 Å². The molecule has 0 spiro atoms. The monoisotopic (exact) mass is 211 g/mol. The van der Waals surface area contributed by atoms with Crippen LogP contribution in [0.5, 0.6) is 0 Å². The molecule has 1 aliphatic rings. The Kier molecular flexibility index (Phi) is 2.98. The Hall–Kier alpha value is -1.19. The molecule has 15 heavy (non-hydrogen) atoms. The van der Waals surface area contributed by atoms with Gasteiger partial charge < -0.3 is 0 Å². The maximum atomic E-state index is 11.9. The van der Waals surface area contributed by atoms with Crippen molar-refractivity contribution in [1.82, 2.24) is 4.90 Å². The van der Waals surface area contributed by atoms with Gasteiger partial charge in [-0.25, -0.2) is 0 Å². The van der Waals surface area contributed by atoms with Gasteiger partial charge >= 0.3 is 0 Å². The topological polar surface area (TPSA) is 54.5 Å². The maximum Gasteiger partial charge on any atom is 0.242 e. The van der Waals surface area contributed by atoms with Crippen LogP contribution in [-0.4, -0.2) is 29.0 Å². The van der Waals surface area contributed by atoms with Crippen LogP contribution in [0.4, 0.5) is 0 Å². The maximum absolute atomic E-state index is 11.9. The number of piperidine rings is 1. The molecule has 1 fully saturated rings. The molecule has 0 saturated carbocycles. The number of ketones is 1. The van der Waals surface area contributed by atoms with Crippen molar-refractivity contribution in [2.24, 2.45) is 11.3 Å². The summed E-state index contributed by atoms with van der Waals surface area (Å²) < 4.78 is 0. The van der Waals surface area contributed by atoms with Gasteiger partial charge in [0.25, 0.3) is 0 Å². The Labute approximate surface area is 89.6 Å². The predicted molar refractivity (Wildman–Crippen MR) is 55.0 cm³/mol. The fraction of sp³-hybridized carbons (Fsp3) is 0.727. The lowest BCUT2D eigenvalue weighted by Crippen LogP contribution is -2.58. The van der Waals surface area contributed by atoms with Crippen LogP contribution < -0.4 is 0 Å². The third-order valence-corrected chi connectivity index (χ3v) is 3.00. The minimum atomic E-state index is -1.05. The highest BCUT2D eigenvalue weighted by molar-refractivity contribution is 6.22. The lowest BCUT2D eigenvalue weighted by molar-refractivity contribution is -0.165. The third kappa shape index (κ3) is 1.58. The Bertz CT molecular complexity index is 292. The van der Waals surface area contributed by atoms with E-state index in [1.807, 2.05) is 0 Å². The van der Waals surface area contributed by atoms with E-state index >= 15 is 0 Å². The van der Waals surface area contributed by atoms with Crippen LogP contribution in [0.3, 0.4) is 0 Å². The quantitative estimate of drug-likeness (QED) is 0.505. The molecule has 4 nitrogen and oxygen atoms in total. The van der Waals surface area contributed by atoms with Crippen LogP contribution in [0.25, 0.3) is 0 Å². The smallest absolute Gasteiger partial charge is 0.242 e. The van der Waals surface area contributed by atoms with Crippen LogP contribution in [-0.2, 0) is 14.4 Å². The molecule has 1 aliphatic heterocycles. The number of amides is 2. The van der Waals surface area contributed by atoms with E-state index in [4.69, 9.17) is 0 Å². The molecule has 2 amide bonds. The molecule has 1 heterocycles. The molecule has 84 valence electrons. The highest BCUT2D eigenvalue weighted by Gasteiger charge is 2.51. The van der Waals surface area contributed by atoms with Crippen molar-refractivity contribution in [3.8, 4) is 0 Å². The highest BCUT2D eigenvalue weighted by atomic mass is 16.2. The number of nitrogens with zero attached hydrogens (tertiary/aromatic N) is 1. The van der Waals surface area contributed by atoms with Crippen molar-refractivity contribution < 1.29 is 14.4 Å². The summed E-state index contributed by atoms with van der Waals surface area (Å²) in [6, 6.07) is 0. The number of carbonyl (C=O) groups excluding carboxylic acids is 3. The molecule has 0 aliphatic carbocycles. The average molecular weight is 211 g/mol. The average Bonchev–Trinajstić information content (AvgIpc) is 2.18. The minimum absolute atomic E-state index is 0.246. The van der Waals surface area contributed by atoms with E-state index < -0.39 is 11.3 Å². The molecule has 4 heteroatoms. The molecule has 0 radical (unpaired) electrons. The zero-order valence-electron chi connectivity index (χ0n) is 9.66. The van der Waals surface area contributed by atoms with E-state index in [9.17, 15) is 14.4 Å². The van der Waals surface area contributed by atoms with Crippen molar-refractivity contribution in [1.29, 1.82) is 0 Å². The van der Waals surface area contributed by atoms with Crippen LogP contribution >= 0.6 is 0 Å². The number of likely N-dealkylation sites (tertiary alicyclic amines) is 1. The van der Waals surface area contributed by atoms with Gasteiger partial charge in [0, 0.05) is 6.54 Å². The molecule has 1 unspecified atom stereocenters. The van der Waals surface area contributed by atoms with Crippen LogP contribution in [0.2, 0.25) is 0 Å². The highest BCUT2D eigenvalue weighted by Crippen LogP contribution is 2.32. The standard InChI is InChI=1S/C11H17NO3/c1-5-7-8(13)11(3,4)10(15)12(6-2)9(7)14/h7H,5-6H2,1-4H3. The Morgan fingerprint density at radius 1 is 1.20 bits per heavy atom. The second-order valence-corrected chi connectivity index (χ2v) is 4.34. The van der Waals surface area contributed by atoms with Crippen molar-refractivity contribution >= 4 is 17.6 Å². The zero-order chi connectivity index (χ0) is 11.8. The summed E-state index contributed by atoms with van der Waals surface area (Å²) in [6.45, 7) is 7.06. The van der Waals surface area contributed by atoms with E-state index in [2.05, 4.69) is 0 Å². The Morgan fingerprint density at radius 2 is 1.73 bits per heavy atom. The van der Waals surface area contributed by atoms with E-state index in [-0.39, 0.29) is 17.6 Å². The van der Waals surface area contributed by atoms with E-state index in [1.54, 1.807) is 27.7 Å². The second kappa shape index (κ2) is 3.76. The number of hydrogen-bond acceptors (Lipinski definition) is 3. The fourth-order valence-electron chi connectivity index (χ4n) is 1.94. The molecule has 0 aromatic carbocycles. The lowest BCUT2D eigenvalue weighted by Gasteiger charge is -2.37. The van der Waals surface area contributed by atoms with Gasteiger partial charge in [0.05, 0.1) is 5.92 Å². The van der Waals surface area contributed by atoms with Crippen LogP contribution in [0, 0.1) is 11.3 Å². The Balaban J connectivity index is 3.16. The summed E-state index contributed by atoms with van der Waals surface area (Å²) in [7, 11) is 0. The summed E-state index contributed by atoms with van der Waals surface area (Å²) in [6.07, 6.45) is 0.463. The number of Topliss-reactive ketones (excluding diaryl/α,β-unsaturated/α-hetero) is 1. The summed E-state index contributed by atoms with van der Waals surface area (Å²) >= 11 is 0. The van der Waals surface area contributed by atoms with Gasteiger partial charge in [-0.1, -0.05) is 6.92 Å². The van der Waals surface area contributed by atoms with E-state index in [1.165, 1.54) is 4.90 Å². The molecule has 0 aromatic heterocycles. The number of carbonyl (C=O) groups is 3. The lowest BCUT2D eigenvalue weighted by atomic mass is 9.75. The molecule has 1 saturated heterocycles. The molecule has 0 bridgehead atoms. The van der Waals surface area contributed by atoms with Crippen molar-refractivity contribution in [3.63, 3.8) is 0 Å². The van der Waals surface area contributed by atoms with Gasteiger partial charge in [0.15, 0.2) is 5.78 Å². The zero-order valence-corrected chi connectivity index (χ0v) is 9.66. The molecule has 1 atom stereocenters. The minimum Gasteiger partial charge on any atom is -0.298 e. The first-order chi connectivity index (χ1) is 6.87. The van der Waals surface area contributed by atoms with Gasteiger partial charge in [0.1, 0.15) is 5.41 Å². The fourth-order valence-corrected chi connectivity index (χ4v) is 1.94. The molecule has 0 N–H and O–H groups in total. The van der Waals surface area contributed by atoms with Crippen molar-refractivity contribution in [2.45, 2.75) is 34.1 Å². The largest absolute Gasteiger partial charge is 0.298 e. The summed E-state index contributed by atoms with van der Waals surface area (Å²) in [5, 5.41) is 0. The third-order valence-electron chi connectivity index (χ3n) is 3.00. The first-order valence-electron chi connectivity index (χ1n) is 5.28. The van der Waals surface area contributed by atoms with Gasteiger partial charge in [-0.15, -0.1) is 0 Å². The van der Waals surface area contributed by atoms with Crippen molar-refractivity contribution in [2.75, 3.05) is 6.54 Å². The molecular formula is C11H17NO3. The molecule has 0 aromatic rings. The summed E-state index contributed by atoms with van der Waals surface area (Å²) in [5.74, 6) is -1.60. The van der Waals surface area contributed by atoms with E-state index in [0.29, 0.717) is 13.0 Å². The summed E-state index contributed by atoms with van der Waals surface area (Å²) in [5.41, 5.74) is -1.05. The van der Waals surface area contributed by atoms with Gasteiger partial charge in [-0.05, 0) is 27.2 Å². The van der Waals surface area contributed by atoms with E-state index in [0.717, 1.165) is 0 Å². The molecule has 1 rings (SSSR count). The van der Waals surface area contributed by atoms with Crippen molar-refractivity contribution in [3.05, 3.63) is 0 Å². The normalized spacial score (nSPS) is 26.0. The number of rotatable bonds is 2. The number of imide groups is 1. The first kappa shape index (κ1) is 11.9. The second-order valence-electron chi connectivity index (χ2n) is 4.34. The Morgan fingerprint density at radius 3 is 2.13 bits per heavy atom.